The van der Waals surface area contributed by atoms with Crippen LogP contribution in [0.3, 0.4) is 0 Å². The molecule has 2 nitrogen and oxygen atoms in total. The van der Waals surface area contributed by atoms with Crippen LogP contribution in [0.4, 0.5) is 0 Å². The van der Waals surface area contributed by atoms with Crippen LogP contribution in [0.2, 0.25) is 0 Å². The number of aliphatic hydroxyl groups excluding tert-OH is 1. The standard InChI is InChI=1S/C13H27NO/c1-5-11(2)14-9-6-7-12(8-10-15)13(14,3)4/h11-12,15H,5-10H2,1-4H3. The fraction of sp³-hybridized carbons (Fsp3) is 1.00. The molecule has 1 N–H and O–H groups in total. The van der Waals surface area contributed by atoms with Crippen molar-refractivity contribution in [3.8, 4) is 0 Å². The van der Waals surface area contributed by atoms with Crippen LogP contribution in [0.15, 0.2) is 0 Å². The number of aliphatic hydroxyl groups is 1. The molecule has 0 aromatic heterocycles. The molecule has 0 spiro atoms. The van der Waals surface area contributed by atoms with Crippen LogP contribution in [0.5, 0.6) is 0 Å². The molecule has 0 amide bonds. The van der Waals surface area contributed by atoms with Gasteiger partial charge in [0.1, 0.15) is 0 Å². The third kappa shape index (κ3) is 2.73. The SMILES string of the molecule is CCC(C)N1CCCC(CCO)C1(C)C. The van der Waals surface area contributed by atoms with Gasteiger partial charge in [-0.1, -0.05) is 6.92 Å². The van der Waals surface area contributed by atoms with Crippen LogP contribution in [0, 0.1) is 5.92 Å². The zero-order valence-corrected chi connectivity index (χ0v) is 10.8. The smallest absolute Gasteiger partial charge is 0.0434 e. The van der Waals surface area contributed by atoms with Gasteiger partial charge in [-0.3, -0.25) is 4.90 Å². The van der Waals surface area contributed by atoms with Gasteiger partial charge in [0.25, 0.3) is 0 Å². The molecule has 1 fully saturated rings. The van der Waals surface area contributed by atoms with E-state index in [9.17, 15) is 0 Å². The summed E-state index contributed by atoms with van der Waals surface area (Å²) in [6.45, 7) is 10.8. The Morgan fingerprint density at radius 2 is 2.13 bits per heavy atom. The predicted octanol–water partition coefficient (Wildman–Crippen LogP) is 2.66. The van der Waals surface area contributed by atoms with Crippen molar-refractivity contribution in [3.63, 3.8) is 0 Å². The zero-order valence-electron chi connectivity index (χ0n) is 10.8. The maximum absolute atomic E-state index is 9.11. The quantitative estimate of drug-likeness (QED) is 0.776. The van der Waals surface area contributed by atoms with Crippen molar-refractivity contribution in [2.75, 3.05) is 13.2 Å². The lowest BCUT2D eigenvalue weighted by molar-refractivity contribution is -0.0167. The molecule has 90 valence electrons. The van der Waals surface area contributed by atoms with Gasteiger partial charge >= 0.3 is 0 Å². The Balaban J connectivity index is 2.72. The van der Waals surface area contributed by atoms with Gasteiger partial charge in [-0.25, -0.2) is 0 Å². The van der Waals surface area contributed by atoms with Crippen LogP contribution in [-0.2, 0) is 0 Å². The van der Waals surface area contributed by atoms with Crippen LogP contribution in [-0.4, -0.2) is 34.7 Å². The van der Waals surface area contributed by atoms with E-state index in [4.69, 9.17) is 5.11 Å². The molecule has 2 heteroatoms. The monoisotopic (exact) mass is 213 g/mol. The highest BCUT2D eigenvalue weighted by atomic mass is 16.3. The second-order valence-corrected chi connectivity index (χ2v) is 5.46. The van der Waals surface area contributed by atoms with Crippen LogP contribution in [0.1, 0.15) is 53.4 Å². The maximum Gasteiger partial charge on any atom is 0.0434 e. The Hall–Kier alpha value is -0.0800. The average molecular weight is 213 g/mol. The maximum atomic E-state index is 9.11. The molecule has 0 saturated carbocycles. The van der Waals surface area contributed by atoms with E-state index in [0.29, 0.717) is 18.6 Å². The third-order valence-electron chi connectivity index (χ3n) is 4.29. The molecule has 0 bridgehead atoms. The second-order valence-electron chi connectivity index (χ2n) is 5.46. The Morgan fingerprint density at radius 3 is 2.67 bits per heavy atom. The largest absolute Gasteiger partial charge is 0.396 e. The van der Waals surface area contributed by atoms with Crippen LogP contribution >= 0.6 is 0 Å². The molecule has 1 aliphatic rings. The molecule has 0 radical (unpaired) electrons. The molecule has 1 aliphatic heterocycles. The lowest BCUT2D eigenvalue weighted by Crippen LogP contribution is -2.56. The number of piperidine rings is 1. The summed E-state index contributed by atoms with van der Waals surface area (Å²) in [7, 11) is 0. The molecule has 15 heavy (non-hydrogen) atoms. The summed E-state index contributed by atoms with van der Waals surface area (Å²) < 4.78 is 0. The molecule has 1 saturated heterocycles. The van der Waals surface area contributed by atoms with Gasteiger partial charge in [0.05, 0.1) is 0 Å². The summed E-state index contributed by atoms with van der Waals surface area (Å²) >= 11 is 0. The van der Waals surface area contributed by atoms with Gasteiger partial charge in [0.2, 0.25) is 0 Å². The lowest BCUT2D eigenvalue weighted by Gasteiger charge is -2.51. The minimum absolute atomic E-state index is 0.260. The summed E-state index contributed by atoms with van der Waals surface area (Å²) in [5.74, 6) is 0.658. The van der Waals surface area contributed by atoms with Crippen molar-refractivity contribution in [1.29, 1.82) is 0 Å². The van der Waals surface area contributed by atoms with Gasteiger partial charge in [0, 0.05) is 18.2 Å². The van der Waals surface area contributed by atoms with Crippen molar-refractivity contribution in [2.24, 2.45) is 5.92 Å². The van der Waals surface area contributed by atoms with Gasteiger partial charge in [-0.05, 0) is 58.9 Å². The van der Waals surface area contributed by atoms with Crippen molar-refractivity contribution >= 4 is 0 Å². The average Bonchev–Trinajstić information content (AvgIpc) is 2.20. The molecular formula is C13H27NO. The topological polar surface area (TPSA) is 23.5 Å². The molecule has 2 unspecified atom stereocenters. The van der Waals surface area contributed by atoms with E-state index in [2.05, 4.69) is 32.6 Å². The normalized spacial score (nSPS) is 29.0. The van der Waals surface area contributed by atoms with E-state index in [1.807, 2.05) is 0 Å². The van der Waals surface area contributed by atoms with Crippen LogP contribution < -0.4 is 0 Å². The molecule has 1 heterocycles. The fourth-order valence-corrected chi connectivity index (χ4v) is 3.05. The first-order valence-corrected chi connectivity index (χ1v) is 6.41. The number of hydrogen-bond donors (Lipinski definition) is 1. The van der Waals surface area contributed by atoms with Gasteiger partial charge in [-0.15, -0.1) is 0 Å². The summed E-state index contributed by atoms with van der Waals surface area (Å²) in [6.07, 6.45) is 4.74. The van der Waals surface area contributed by atoms with Gasteiger partial charge < -0.3 is 5.11 Å². The Bertz CT molecular complexity index is 189. The molecule has 0 aromatic carbocycles. The van der Waals surface area contributed by atoms with E-state index in [0.717, 1.165) is 6.42 Å². The Kier molecular flexibility index (Phi) is 4.60. The highest BCUT2D eigenvalue weighted by Crippen LogP contribution is 2.36. The minimum atomic E-state index is 0.260. The minimum Gasteiger partial charge on any atom is -0.396 e. The zero-order chi connectivity index (χ0) is 11.5. The highest BCUT2D eigenvalue weighted by Gasteiger charge is 2.39. The van der Waals surface area contributed by atoms with E-state index < -0.39 is 0 Å². The van der Waals surface area contributed by atoms with Crippen molar-refractivity contribution in [2.45, 2.75) is 65.0 Å². The second kappa shape index (κ2) is 5.31. The van der Waals surface area contributed by atoms with Crippen molar-refractivity contribution in [3.05, 3.63) is 0 Å². The number of rotatable bonds is 4. The third-order valence-corrected chi connectivity index (χ3v) is 4.29. The first-order chi connectivity index (χ1) is 7.04. The van der Waals surface area contributed by atoms with Crippen molar-refractivity contribution < 1.29 is 5.11 Å². The molecular weight excluding hydrogens is 186 g/mol. The number of nitrogens with zero attached hydrogens (tertiary/aromatic N) is 1. The molecule has 0 aromatic rings. The van der Waals surface area contributed by atoms with Crippen molar-refractivity contribution in [1.82, 2.24) is 4.90 Å². The van der Waals surface area contributed by atoms with Gasteiger partial charge in [0.15, 0.2) is 0 Å². The lowest BCUT2D eigenvalue weighted by atomic mass is 9.76. The summed E-state index contributed by atoms with van der Waals surface area (Å²) in [5, 5.41) is 9.11. The first-order valence-electron chi connectivity index (χ1n) is 6.41. The number of hydrogen-bond acceptors (Lipinski definition) is 2. The Labute approximate surface area is 94.7 Å². The number of likely N-dealkylation sites (tertiary alicyclic amines) is 1. The predicted molar refractivity (Wildman–Crippen MR) is 65.0 cm³/mol. The molecule has 1 rings (SSSR count). The molecule has 0 aliphatic carbocycles. The van der Waals surface area contributed by atoms with E-state index in [1.165, 1.54) is 25.8 Å². The van der Waals surface area contributed by atoms with E-state index in [-0.39, 0.29) is 5.54 Å². The fourth-order valence-electron chi connectivity index (χ4n) is 3.05. The van der Waals surface area contributed by atoms with E-state index >= 15 is 0 Å². The summed E-state index contributed by atoms with van der Waals surface area (Å²) in [4.78, 5) is 2.64. The summed E-state index contributed by atoms with van der Waals surface area (Å²) in [6, 6.07) is 0.668. The highest BCUT2D eigenvalue weighted by molar-refractivity contribution is 4.94. The summed E-state index contributed by atoms with van der Waals surface area (Å²) in [5.41, 5.74) is 0.260. The van der Waals surface area contributed by atoms with Gasteiger partial charge in [-0.2, -0.15) is 0 Å². The Morgan fingerprint density at radius 1 is 1.47 bits per heavy atom. The van der Waals surface area contributed by atoms with Crippen LogP contribution in [0.25, 0.3) is 0 Å². The first kappa shape index (κ1) is 13.0. The molecule has 2 atom stereocenters. The van der Waals surface area contributed by atoms with E-state index in [1.54, 1.807) is 0 Å².